The highest BCUT2D eigenvalue weighted by molar-refractivity contribution is 7.96. The third-order valence-corrected chi connectivity index (χ3v) is 9.36. The van der Waals surface area contributed by atoms with Crippen LogP contribution < -0.4 is 4.72 Å². The second kappa shape index (κ2) is 8.07. The Labute approximate surface area is 183 Å². The van der Waals surface area contributed by atoms with Gasteiger partial charge in [-0.05, 0) is 55.4 Å². The lowest BCUT2D eigenvalue weighted by Gasteiger charge is -2.37. The molecule has 4 heterocycles. The Kier molecular flexibility index (Phi) is 5.43. The van der Waals surface area contributed by atoms with E-state index in [9.17, 15) is 8.42 Å². The largest absolute Gasteiger partial charge is 0.316 e. The smallest absolute Gasteiger partial charge is 0.245 e. The SMILES string of the molecule is CC1=CC=C(S(=O)(=O)N2CCC(CN3CCc4ccccc4C3)CC2)C2=CNSN12. The summed E-state index contributed by atoms with van der Waals surface area (Å²) in [6.45, 7) is 6.37. The van der Waals surface area contributed by atoms with Crippen LogP contribution in [-0.4, -0.2) is 48.1 Å². The molecule has 0 radical (unpaired) electrons. The van der Waals surface area contributed by atoms with Gasteiger partial charge in [0.25, 0.3) is 0 Å². The Hall–Kier alpha value is -1.74. The van der Waals surface area contributed by atoms with Gasteiger partial charge in [0.1, 0.15) is 4.91 Å². The Morgan fingerprint density at radius 3 is 2.67 bits per heavy atom. The second-order valence-corrected chi connectivity index (χ2v) is 11.2. The highest BCUT2D eigenvalue weighted by Gasteiger charge is 2.37. The van der Waals surface area contributed by atoms with Crippen molar-refractivity contribution < 1.29 is 8.42 Å². The van der Waals surface area contributed by atoms with Crippen LogP contribution in [0.3, 0.4) is 0 Å². The molecular formula is C22H28N4O2S2. The van der Waals surface area contributed by atoms with Gasteiger partial charge in [0, 0.05) is 44.6 Å². The first-order chi connectivity index (χ1) is 14.5. The zero-order chi connectivity index (χ0) is 20.7. The first-order valence-corrected chi connectivity index (χ1v) is 12.8. The Balaban J connectivity index is 1.21. The molecule has 1 fully saturated rings. The Bertz CT molecular complexity index is 1020. The molecule has 1 aromatic rings. The molecule has 30 heavy (non-hydrogen) atoms. The molecule has 1 N–H and O–H groups in total. The lowest BCUT2D eigenvalue weighted by molar-refractivity contribution is 0.172. The number of hydrogen-bond donors (Lipinski definition) is 1. The van der Waals surface area contributed by atoms with Crippen LogP contribution in [-0.2, 0) is 23.0 Å². The molecule has 4 aliphatic rings. The molecular weight excluding hydrogens is 416 g/mol. The fourth-order valence-corrected chi connectivity index (χ4v) is 7.20. The second-order valence-electron chi connectivity index (χ2n) is 8.47. The number of fused-ring (bicyclic) bond motifs is 2. The summed E-state index contributed by atoms with van der Waals surface area (Å²) < 4.78 is 33.4. The molecule has 1 saturated heterocycles. The zero-order valence-corrected chi connectivity index (χ0v) is 18.9. The van der Waals surface area contributed by atoms with Gasteiger partial charge in [-0.25, -0.2) is 8.42 Å². The average molecular weight is 445 g/mol. The third-order valence-electron chi connectivity index (χ3n) is 6.52. The van der Waals surface area contributed by atoms with Crippen LogP contribution in [0.4, 0.5) is 0 Å². The molecule has 0 unspecified atom stereocenters. The van der Waals surface area contributed by atoms with Gasteiger partial charge in [-0.2, -0.15) is 4.31 Å². The van der Waals surface area contributed by atoms with Crippen molar-refractivity contribution in [2.45, 2.75) is 32.7 Å². The number of benzene rings is 1. The van der Waals surface area contributed by atoms with Gasteiger partial charge < -0.3 is 4.72 Å². The molecule has 0 spiro atoms. The van der Waals surface area contributed by atoms with Gasteiger partial charge in [0.2, 0.25) is 10.0 Å². The molecule has 0 bridgehead atoms. The minimum Gasteiger partial charge on any atom is -0.316 e. The predicted molar refractivity (Wildman–Crippen MR) is 121 cm³/mol. The Morgan fingerprint density at radius 2 is 1.87 bits per heavy atom. The van der Waals surface area contributed by atoms with Gasteiger partial charge in [-0.1, -0.05) is 24.3 Å². The van der Waals surface area contributed by atoms with Crippen molar-refractivity contribution in [3.05, 3.63) is 70.0 Å². The maximum absolute atomic E-state index is 13.3. The molecule has 0 aliphatic carbocycles. The molecule has 0 saturated carbocycles. The van der Waals surface area contributed by atoms with Crippen molar-refractivity contribution in [1.82, 2.24) is 18.2 Å². The topological polar surface area (TPSA) is 55.9 Å². The zero-order valence-electron chi connectivity index (χ0n) is 17.3. The summed E-state index contributed by atoms with van der Waals surface area (Å²) in [5.74, 6) is 0.559. The van der Waals surface area contributed by atoms with Crippen LogP contribution in [0.1, 0.15) is 30.9 Å². The molecule has 4 aliphatic heterocycles. The van der Waals surface area contributed by atoms with Crippen molar-refractivity contribution >= 4 is 22.2 Å². The summed E-state index contributed by atoms with van der Waals surface area (Å²) in [7, 11) is -3.49. The Morgan fingerprint density at radius 1 is 1.10 bits per heavy atom. The summed E-state index contributed by atoms with van der Waals surface area (Å²) in [5, 5.41) is 0. The molecule has 8 heteroatoms. The minimum atomic E-state index is -3.49. The van der Waals surface area contributed by atoms with E-state index in [0.717, 1.165) is 50.3 Å². The highest BCUT2D eigenvalue weighted by atomic mass is 32.2. The van der Waals surface area contributed by atoms with Gasteiger partial charge in [0.15, 0.2) is 0 Å². The van der Waals surface area contributed by atoms with Crippen LogP contribution in [0.2, 0.25) is 0 Å². The summed E-state index contributed by atoms with van der Waals surface area (Å²) in [6.07, 6.45) is 8.38. The average Bonchev–Trinajstić information content (AvgIpc) is 3.25. The minimum absolute atomic E-state index is 0.400. The normalized spacial score (nSPS) is 23.2. The van der Waals surface area contributed by atoms with E-state index in [0.29, 0.717) is 23.9 Å². The van der Waals surface area contributed by atoms with E-state index in [1.165, 1.54) is 23.3 Å². The molecule has 160 valence electrons. The fraction of sp³-hybridized carbons (Fsp3) is 0.455. The van der Waals surface area contributed by atoms with Crippen LogP contribution in [0.25, 0.3) is 0 Å². The maximum Gasteiger partial charge on any atom is 0.245 e. The van der Waals surface area contributed by atoms with E-state index in [2.05, 4.69) is 33.9 Å². The van der Waals surface area contributed by atoms with Gasteiger partial charge in [-0.15, -0.1) is 0 Å². The van der Waals surface area contributed by atoms with E-state index >= 15 is 0 Å². The molecule has 1 aromatic carbocycles. The fourth-order valence-electron chi connectivity index (χ4n) is 4.79. The lowest BCUT2D eigenvalue weighted by atomic mass is 9.94. The molecule has 0 aromatic heterocycles. The van der Waals surface area contributed by atoms with Crippen molar-refractivity contribution in [2.75, 3.05) is 26.2 Å². The number of nitrogens with one attached hydrogen (secondary N) is 1. The van der Waals surface area contributed by atoms with Crippen molar-refractivity contribution in [1.29, 1.82) is 0 Å². The molecule has 0 atom stereocenters. The van der Waals surface area contributed by atoms with Gasteiger partial charge >= 0.3 is 0 Å². The quantitative estimate of drug-likeness (QED) is 0.720. The number of rotatable bonds is 4. The van der Waals surface area contributed by atoms with E-state index in [1.807, 2.05) is 17.3 Å². The van der Waals surface area contributed by atoms with Crippen molar-refractivity contribution in [2.24, 2.45) is 5.92 Å². The summed E-state index contributed by atoms with van der Waals surface area (Å²) >= 11 is 1.41. The lowest BCUT2D eigenvalue weighted by Crippen LogP contribution is -2.43. The standard InChI is InChI=1S/C22H28N4O2S2/c1-17-6-7-22(21-14-23-29-26(17)21)30(27,28)25-12-8-18(9-13-25)15-24-11-10-19-4-2-3-5-20(19)16-24/h2-7,14,18,23H,8-13,15-16H2,1H3. The summed E-state index contributed by atoms with van der Waals surface area (Å²) in [4.78, 5) is 2.94. The molecule has 6 nitrogen and oxygen atoms in total. The van der Waals surface area contributed by atoms with Gasteiger partial charge in [-0.3, -0.25) is 9.21 Å². The van der Waals surface area contributed by atoms with Crippen molar-refractivity contribution in [3.63, 3.8) is 0 Å². The number of hydrogen-bond acceptors (Lipinski definition) is 6. The van der Waals surface area contributed by atoms with Crippen LogP contribution in [0.5, 0.6) is 0 Å². The van der Waals surface area contributed by atoms with Crippen LogP contribution in [0, 0.1) is 5.92 Å². The van der Waals surface area contributed by atoms with Crippen LogP contribution in [0.15, 0.2) is 58.9 Å². The van der Waals surface area contributed by atoms with Crippen molar-refractivity contribution in [3.8, 4) is 0 Å². The first kappa shape index (κ1) is 20.2. The van der Waals surface area contributed by atoms with Gasteiger partial charge in [0.05, 0.1) is 17.8 Å². The predicted octanol–water partition coefficient (Wildman–Crippen LogP) is 3.20. The molecule has 0 amide bonds. The first-order valence-electron chi connectivity index (χ1n) is 10.6. The van der Waals surface area contributed by atoms with Crippen LogP contribution >= 0.6 is 12.1 Å². The highest BCUT2D eigenvalue weighted by Crippen LogP contribution is 2.38. The third kappa shape index (κ3) is 3.70. The molecule has 5 rings (SSSR count). The van der Waals surface area contributed by atoms with E-state index in [4.69, 9.17) is 0 Å². The number of nitrogens with zero attached hydrogens (tertiary/aromatic N) is 3. The van der Waals surface area contributed by atoms with E-state index in [1.54, 1.807) is 16.6 Å². The van der Waals surface area contributed by atoms with E-state index < -0.39 is 10.0 Å². The number of sulfonamides is 1. The van der Waals surface area contributed by atoms with E-state index in [-0.39, 0.29) is 0 Å². The summed E-state index contributed by atoms with van der Waals surface area (Å²) in [5.41, 5.74) is 4.67. The summed E-state index contributed by atoms with van der Waals surface area (Å²) in [6, 6.07) is 8.72. The number of allylic oxidation sites excluding steroid dienone is 3. The monoisotopic (exact) mass is 444 g/mol. The number of piperidine rings is 1. The maximum atomic E-state index is 13.3.